The van der Waals surface area contributed by atoms with E-state index in [1.807, 2.05) is 0 Å². The van der Waals surface area contributed by atoms with Gasteiger partial charge in [0.2, 0.25) is 0 Å². The lowest BCUT2D eigenvalue weighted by Gasteiger charge is -2.14. The minimum absolute atomic E-state index is 0.272. The van der Waals surface area contributed by atoms with Crippen molar-refractivity contribution in [2.24, 2.45) is 0 Å². The summed E-state index contributed by atoms with van der Waals surface area (Å²) in [6, 6.07) is 0. The highest BCUT2D eigenvalue weighted by Gasteiger charge is 2.07. The molecule has 0 aromatic carbocycles. The molecule has 1 aromatic heterocycles. The number of nitrogens with zero attached hydrogens (tertiary/aromatic N) is 2. The van der Waals surface area contributed by atoms with Crippen molar-refractivity contribution < 1.29 is 0 Å². The Morgan fingerprint density at radius 1 is 1.23 bits per heavy atom. The van der Waals surface area contributed by atoms with Gasteiger partial charge in [-0.3, -0.25) is 4.79 Å². The van der Waals surface area contributed by atoms with Gasteiger partial charge in [-0.15, -0.1) is 0 Å². The molecule has 5 nitrogen and oxygen atoms in total. The number of aromatic amines is 1. The number of aryl methyl sites for hydroxylation is 1. The van der Waals surface area contributed by atoms with Crippen molar-refractivity contribution in [3.8, 4) is 0 Å². The highest BCUT2D eigenvalue weighted by molar-refractivity contribution is 5.13. The van der Waals surface area contributed by atoms with Crippen molar-refractivity contribution in [1.29, 1.82) is 0 Å². The van der Waals surface area contributed by atoms with E-state index >= 15 is 0 Å². The van der Waals surface area contributed by atoms with Crippen molar-refractivity contribution in [3.05, 3.63) is 32.1 Å². The van der Waals surface area contributed by atoms with Crippen LogP contribution < -0.4 is 16.3 Å². The second-order valence-corrected chi connectivity index (χ2v) is 3.14. The van der Waals surface area contributed by atoms with Crippen molar-refractivity contribution >= 4 is 0 Å². The van der Waals surface area contributed by atoms with Crippen LogP contribution in [-0.2, 0) is 0 Å². The van der Waals surface area contributed by atoms with Crippen molar-refractivity contribution in [3.63, 3.8) is 0 Å². The molecular weight excluding hydrogens is 170 g/mol. The van der Waals surface area contributed by atoms with Crippen molar-refractivity contribution in [2.75, 3.05) is 19.1 Å². The van der Waals surface area contributed by atoms with Crippen LogP contribution >= 0.6 is 0 Å². The Bertz CT molecular complexity index is 428. The normalized spacial score (nSPS) is 10.2. The molecule has 0 aliphatic rings. The summed E-state index contributed by atoms with van der Waals surface area (Å²) in [5.74, 6) is 0. The molecule has 0 aliphatic carbocycles. The molecule has 1 rings (SSSR count). The lowest BCUT2D eigenvalue weighted by atomic mass is 10.3. The van der Waals surface area contributed by atoms with Gasteiger partial charge in [-0.2, -0.15) is 4.68 Å². The molecule has 0 bridgehead atoms. The maximum atomic E-state index is 11.6. The van der Waals surface area contributed by atoms with E-state index in [1.165, 1.54) is 5.01 Å². The summed E-state index contributed by atoms with van der Waals surface area (Å²) < 4.78 is 1.06. The smallest absolute Gasteiger partial charge is 0.312 e. The first-order valence-corrected chi connectivity index (χ1v) is 3.95. The first kappa shape index (κ1) is 9.57. The quantitative estimate of drug-likeness (QED) is 0.629. The van der Waals surface area contributed by atoms with Crippen LogP contribution in [0.1, 0.15) is 11.3 Å². The zero-order valence-electron chi connectivity index (χ0n) is 8.21. The maximum absolute atomic E-state index is 11.6. The Labute approximate surface area is 75.6 Å². The van der Waals surface area contributed by atoms with E-state index in [-0.39, 0.29) is 5.56 Å². The lowest BCUT2D eigenvalue weighted by Crippen LogP contribution is -2.47. The molecule has 5 heteroatoms. The van der Waals surface area contributed by atoms with E-state index < -0.39 is 5.69 Å². The van der Waals surface area contributed by atoms with Crippen LogP contribution in [0.3, 0.4) is 0 Å². The average Bonchev–Trinajstić information content (AvgIpc) is 1.99. The van der Waals surface area contributed by atoms with Crippen LogP contribution in [0.2, 0.25) is 0 Å². The van der Waals surface area contributed by atoms with E-state index in [0.717, 1.165) is 4.68 Å². The number of aromatic nitrogens is 2. The number of H-pyrrole nitrogens is 1. The molecular formula is C8H13N3O2. The Balaban J connectivity index is 3.64. The van der Waals surface area contributed by atoms with Crippen LogP contribution in [0, 0.1) is 13.8 Å². The number of rotatable bonds is 1. The molecule has 0 radical (unpaired) electrons. The molecule has 0 saturated carbocycles. The molecule has 13 heavy (non-hydrogen) atoms. The minimum Gasteiger partial charge on any atom is -0.312 e. The lowest BCUT2D eigenvalue weighted by molar-refractivity contribution is 0.641. The summed E-state index contributed by atoms with van der Waals surface area (Å²) in [4.78, 5) is 25.5. The molecule has 0 fully saturated rings. The predicted molar refractivity (Wildman–Crippen MR) is 50.9 cm³/mol. The third-order valence-electron chi connectivity index (χ3n) is 1.96. The first-order chi connectivity index (χ1) is 5.95. The molecule has 0 aliphatic heterocycles. The molecule has 0 spiro atoms. The summed E-state index contributed by atoms with van der Waals surface area (Å²) in [7, 11) is 3.29. The van der Waals surface area contributed by atoms with Gasteiger partial charge in [0.15, 0.2) is 0 Å². The van der Waals surface area contributed by atoms with Gasteiger partial charge in [-0.1, -0.05) is 0 Å². The maximum Gasteiger partial charge on any atom is 0.347 e. The summed E-state index contributed by atoms with van der Waals surface area (Å²) in [5, 5.41) is 1.45. The Hall–Kier alpha value is -1.52. The Morgan fingerprint density at radius 2 is 1.77 bits per heavy atom. The fourth-order valence-corrected chi connectivity index (χ4v) is 1.08. The summed E-state index contributed by atoms with van der Waals surface area (Å²) in [6.45, 7) is 3.39. The van der Waals surface area contributed by atoms with Gasteiger partial charge in [-0.25, -0.2) is 4.79 Å². The van der Waals surface area contributed by atoms with Gasteiger partial charge in [0.25, 0.3) is 5.56 Å². The number of nitrogens with one attached hydrogen (secondary N) is 1. The Morgan fingerprint density at radius 3 is 2.23 bits per heavy atom. The van der Waals surface area contributed by atoms with E-state index in [2.05, 4.69) is 4.98 Å². The summed E-state index contributed by atoms with van der Waals surface area (Å²) >= 11 is 0. The molecule has 72 valence electrons. The highest BCUT2D eigenvalue weighted by atomic mass is 16.2. The standard InChI is InChI=1S/C8H13N3O2/c1-5-6(2)9-8(13)11(7(5)12)10(3)4/h1-4H3,(H,9,13). The molecule has 1 N–H and O–H groups in total. The minimum atomic E-state index is -0.405. The fourth-order valence-electron chi connectivity index (χ4n) is 1.08. The van der Waals surface area contributed by atoms with Crippen molar-refractivity contribution in [1.82, 2.24) is 9.66 Å². The molecule has 0 atom stereocenters. The van der Waals surface area contributed by atoms with Crippen LogP contribution in [0.25, 0.3) is 0 Å². The molecule has 0 unspecified atom stereocenters. The van der Waals surface area contributed by atoms with Gasteiger partial charge in [0, 0.05) is 25.4 Å². The van der Waals surface area contributed by atoms with Crippen LogP contribution in [-0.4, -0.2) is 23.8 Å². The van der Waals surface area contributed by atoms with E-state index in [0.29, 0.717) is 11.3 Å². The van der Waals surface area contributed by atoms with Crippen LogP contribution in [0.15, 0.2) is 9.59 Å². The van der Waals surface area contributed by atoms with Crippen LogP contribution in [0.5, 0.6) is 0 Å². The van der Waals surface area contributed by atoms with Gasteiger partial charge < -0.3 is 9.99 Å². The highest BCUT2D eigenvalue weighted by Crippen LogP contribution is 1.90. The van der Waals surface area contributed by atoms with Gasteiger partial charge in [0.1, 0.15) is 0 Å². The van der Waals surface area contributed by atoms with E-state index in [9.17, 15) is 9.59 Å². The zero-order valence-corrected chi connectivity index (χ0v) is 8.21. The Kier molecular flexibility index (Phi) is 2.27. The van der Waals surface area contributed by atoms with E-state index in [4.69, 9.17) is 0 Å². The fraction of sp³-hybridized carbons (Fsp3) is 0.500. The summed E-state index contributed by atoms with van der Waals surface area (Å²) in [5.41, 5.74) is 0.505. The monoisotopic (exact) mass is 183 g/mol. The molecule has 0 amide bonds. The topological polar surface area (TPSA) is 58.1 Å². The van der Waals surface area contributed by atoms with Crippen LogP contribution in [0.4, 0.5) is 0 Å². The van der Waals surface area contributed by atoms with Gasteiger partial charge >= 0.3 is 5.69 Å². The second kappa shape index (κ2) is 3.08. The van der Waals surface area contributed by atoms with Crippen molar-refractivity contribution in [2.45, 2.75) is 13.8 Å². The molecule has 1 heterocycles. The number of hydrogen-bond donors (Lipinski definition) is 1. The molecule has 0 saturated heterocycles. The number of hydrogen-bond acceptors (Lipinski definition) is 3. The average molecular weight is 183 g/mol. The predicted octanol–water partition coefficient (Wildman–Crippen LogP) is -0.649. The first-order valence-electron chi connectivity index (χ1n) is 3.95. The zero-order chi connectivity index (χ0) is 10.2. The second-order valence-electron chi connectivity index (χ2n) is 3.14. The van der Waals surface area contributed by atoms with E-state index in [1.54, 1.807) is 27.9 Å². The SMILES string of the molecule is Cc1[nH]c(=O)n(N(C)C)c(=O)c1C. The summed E-state index contributed by atoms with van der Waals surface area (Å²) in [6.07, 6.45) is 0. The van der Waals surface area contributed by atoms with Gasteiger partial charge in [0.05, 0.1) is 0 Å². The molecule has 1 aromatic rings. The third-order valence-corrected chi connectivity index (χ3v) is 1.96. The third kappa shape index (κ3) is 1.49. The van der Waals surface area contributed by atoms with Gasteiger partial charge in [-0.05, 0) is 13.8 Å². The largest absolute Gasteiger partial charge is 0.347 e.